The van der Waals surface area contributed by atoms with Crippen LogP contribution in [0.1, 0.15) is 21.6 Å². The first-order valence-corrected chi connectivity index (χ1v) is 7.65. The highest BCUT2D eigenvalue weighted by molar-refractivity contribution is 6.31. The number of aryl methyl sites for hydroxylation is 1. The summed E-state index contributed by atoms with van der Waals surface area (Å²) >= 11 is 5.74. The zero-order valence-electron chi connectivity index (χ0n) is 13.1. The van der Waals surface area contributed by atoms with Gasteiger partial charge in [-0.25, -0.2) is 19.3 Å². The van der Waals surface area contributed by atoms with E-state index >= 15 is 0 Å². The van der Waals surface area contributed by atoms with Crippen molar-refractivity contribution < 1.29 is 9.18 Å². The molecule has 0 saturated heterocycles. The summed E-state index contributed by atoms with van der Waals surface area (Å²) in [7, 11) is 1.75. The van der Waals surface area contributed by atoms with E-state index in [0.29, 0.717) is 28.2 Å². The molecule has 1 aromatic carbocycles. The molecule has 5 nitrogen and oxygen atoms in total. The van der Waals surface area contributed by atoms with Gasteiger partial charge in [0, 0.05) is 24.7 Å². The van der Waals surface area contributed by atoms with Gasteiger partial charge in [0.05, 0.1) is 11.2 Å². The highest BCUT2D eigenvalue weighted by Crippen LogP contribution is 2.20. The monoisotopic (exact) mass is 344 g/mol. The Morgan fingerprint density at radius 3 is 2.79 bits per heavy atom. The summed E-state index contributed by atoms with van der Waals surface area (Å²) in [5.74, 6) is -0.0903. The van der Waals surface area contributed by atoms with E-state index in [4.69, 9.17) is 11.6 Å². The minimum Gasteiger partial charge on any atom is -0.372 e. The second-order valence-corrected chi connectivity index (χ2v) is 5.72. The first kappa shape index (κ1) is 16.3. The standard InChI is InChI=1S/C17H14ClFN4O/c1-9-11(6-14-17(22-9)23-16(20-2)8-21-14)7-15(24)10-3-4-13(19)12(18)5-10/h3-6,8H,7H2,1-2H3,(H,20,22,23). The molecule has 0 spiro atoms. The molecule has 0 atom stereocenters. The molecular weight excluding hydrogens is 331 g/mol. The van der Waals surface area contributed by atoms with Crippen LogP contribution in [-0.2, 0) is 6.42 Å². The van der Waals surface area contributed by atoms with E-state index in [2.05, 4.69) is 20.3 Å². The Kier molecular flexibility index (Phi) is 4.40. The molecule has 3 rings (SSSR count). The zero-order valence-corrected chi connectivity index (χ0v) is 13.9. The lowest BCUT2D eigenvalue weighted by atomic mass is 10.0. The summed E-state index contributed by atoms with van der Waals surface area (Å²) in [6, 6.07) is 5.74. The molecular formula is C17H14ClFN4O. The zero-order chi connectivity index (χ0) is 17.3. The Labute approximate surface area is 142 Å². The average Bonchev–Trinajstić information content (AvgIpc) is 2.57. The molecule has 0 saturated carbocycles. The van der Waals surface area contributed by atoms with Gasteiger partial charge in [-0.15, -0.1) is 0 Å². The predicted octanol–water partition coefficient (Wildman–Crippen LogP) is 3.59. The van der Waals surface area contributed by atoms with Gasteiger partial charge in [0.15, 0.2) is 11.4 Å². The molecule has 0 aliphatic rings. The second-order valence-electron chi connectivity index (χ2n) is 5.31. The van der Waals surface area contributed by atoms with Crippen molar-refractivity contribution in [1.82, 2.24) is 15.0 Å². The minimum absolute atomic E-state index is 0.0697. The van der Waals surface area contributed by atoms with Gasteiger partial charge >= 0.3 is 0 Å². The fraction of sp³-hybridized carbons (Fsp3) is 0.176. The third-order valence-electron chi connectivity index (χ3n) is 3.68. The average molecular weight is 345 g/mol. The van der Waals surface area contributed by atoms with Gasteiger partial charge < -0.3 is 5.32 Å². The van der Waals surface area contributed by atoms with Crippen molar-refractivity contribution in [2.75, 3.05) is 12.4 Å². The number of aromatic nitrogens is 3. The molecule has 2 heterocycles. The quantitative estimate of drug-likeness (QED) is 0.732. The van der Waals surface area contributed by atoms with Crippen LogP contribution >= 0.6 is 11.6 Å². The predicted molar refractivity (Wildman–Crippen MR) is 91.1 cm³/mol. The van der Waals surface area contributed by atoms with Crippen LogP contribution in [0.3, 0.4) is 0 Å². The van der Waals surface area contributed by atoms with Crippen LogP contribution in [-0.4, -0.2) is 27.8 Å². The Hall–Kier alpha value is -2.60. The van der Waals surface area contributed by atoms with E-state index in [1.807, 2.05) is 6.92 Å². The molecule has 1 N–H and O–H groups in total. The molecule has 2 aromatic heterocycles. The number of nitrogens with zero attached hydrogens (tertiary/aromatic N) is 3. The van der Waals surface area contributed by atoms with Crippen molar-refractivity contribution >= 4 is 34.4 Å². The normalized spacial score (nSPS) is 10.8. The van der Waals surface area contributed by atoms with Crippen molar-refractivity contribution in [3.63, 3.8) is 0 Å². The van der Waals surface area contributed by atoms with Gasteiger partial charge in [-0.1, -0.05) is 11.6 Å². The number of benzene rings is 1. The number of nitrogens with one attached hydrogen (secondary N) is 1. The number of ketones is 1. The number of halogens is 2. The number of carbonyl (C=O) groups excluding carboxylic acids is 1. The Balaban J connectivity index is 1.92. The summed E-state index contributed by atoms with van der Waals surface area (Å²) < 4.78 is 13.2. The van der Waals surface area contributed by atoms with Gasteiger partial charge in [0.1, 0.15) is 17.2 Å². The molecule has 3 aromatic rings. The molecule has 0 bridgehead atoms. The minimum atomic E-state index is -0.549. The first-order chi connectivity index (χ1) is 11.5. The number of rotatable bonds is 4. The number of hydrogen-bond acceptors (Lipinski definition) is 5. The Morgan fingerprint density at radius 2 is 2.08 bits per heavy atom. The van der Waals surface area contributed by atoms with Gasteiger partial charge in [0.2, 0.25) is 0 Å². The highest BCUT2D eigenvalue weighted by atomic mass is 35.5. The van der Waals surface area contributed by atoms with Crippen LogP contribution in [0.15, 0.2) is 30.5 Å². The molecule has 0 amide bonds. The van der Waals surface area contributed by atoms with Crippen LogP contribution < -0.4 is 5.32 Å². The summed E-state index contributed by atoms with van der Waals surface area (Å²) in [6.07, 6.45) is 1.73. The lowest BCUT2D eigenvalue weighted by Gasteiger charge is -2.08. The van der Waals surface area contributed by atoms with Gasteiger partial charge in [-0.05, 0) is 36.8 Å². The fourth-order valence-corrected chi connectivity index (χ4v) is 2.50. The number of anilines is 1. The summed E-state index contributed by atoms with van der Waals surface area (Å²) in [5, 5.41) is 2.84. The highest BCUT2D eigenvalue weighted by Gasteiger charge is 2.13. The van der Waals surface area contributed by atoms with Crippen LogP contribution in [0.25, 0.3) is 11.2 Å². The van der Waals surface area contributed by atoms with Crippen molar-refractivity contribution in [1.29, 1.82) is 0 Å². The maximum atomic E-state index is 13.2. The number of fused-ring (bicyclic) bond motifs is 1. The maximum Gasteiger partial charge on any atom is 0.180 e. The summed E-state index contributed by atoms with van der Waals surface area (Å²) in [4.78, 5) is 25.4. The Bertz CT molecular complexity index is 945. The fourth-order valence-electron chi connectivity index (χ4n) is 2.32. The van der Waals surface area contributed by atoms with E-state index < -0.39 is 5.82 Å². The van der Waals surface area contributed by atoms with Crippen molar-refractivity contribution in [2.24, 2.45) is 0 Å². The molecule has 0 radical (unpaired) electrons. The van der Waals surface area contributed by atoms with Crippen LogP contribution in [0.2, 0.25) is 5.02 Å². The number of pyridine rings is 1. The van der Waals surface area contributed by atoms with Gasteiger partial charge in [0.25, 0.3) is 0 Å². The van der Waals surface area contributed by atoms with Gasteiger partial charge in [-0.3, -0.25) is 4.79 Å². The van der Waals surface area contributed by atoms with Crippen LogP contribution in [0.4, 0.5) is 10.2 Å². The van der Waals surface area contributed by atoms with E-state index in [1.54, 1.807) is 19.3 Å². The molecule has 0 unspecified atom stereocenters. The molecule has 0 aliphatic carbocycles. The molecule has 0 fully saturated rings. The first-order valence-electron chi connectivity index (χ1n) is 7.27. The largest absolute Gasteiger partial charge is 0.372 e. The number of hydrogen-bond donors (Lipinski definition) is 1. The van der Waals surface area contributed by atoms with E-state index in [1.165, 1.54) is 18.2 Å². The lowest BCUT2D eigenvalue weighted by molar-refractivity contribution is 0.0992. The number of Topliss-reactive ketones (excluding diaryl/α,β-unsaturated/α-hetero) is 1. The van der Waals surface area contributed by atoms with E-state index in [9.17, 15) is 9.18 Å². The topological polar surface area (TPSA) is 67.8 Å². The molecule has 7 heteroatoms. The lowest BCUT2D eigenvalue weighted by Crippen LogP contribution is -2.07. The molecule has 0 aliphatic heterocycles. The third kappa shape index (κ3) is 3.19. The summed E-state index contributed by atoms with van der Waals surface area (Å²) in [5.41, 5.74) is 2.93. The third-order valence-corrected chi connectivity index (χ3v) is 3.97. The number of carbonyl (C=O) groups is 1. The molecule has 122 valence electrons. The van der Waals surface area contributed by atoms with Crippen LogP contribution in [0, 0.1) is 12.7 Å². The molecule has 24 heavy (non-hydrogen) atoms. The van der Waals surface area contributed by atoms with E-state index in [0.717, 1.165) is 5.56 Å². The second kappa shape index (κ2) is 6.49. The van der Waals surface area contributed by atoms with Crippen molar-refractivity contribution in [3.05, 3.63) is 58.1 Å². The van der Waals surface area contributed by atoms with Crippen molar-refractivity contribution in [2.45, 2.75) is 13.3 Å². The maximum absolute atomic E-state index is 13.2. The van der Waals surface area contributed by atoms with Crippen LogP contribution in [0.5, 0.6) is 0 Å². The van der Waals surface area contributed by atoms with E-state index in [-0.39, 0.29) is 17.2 Å². The van der Waals surface area contributed by atoms with Gasteiger partial charge in [-0.2, -0.15) is 0 Å². The van der Waals surface area contributed by atoms with Crippen molar-refractivity contribution in [3.8, 4) is 0 Å². The SMILES string of the molecule is CNc1cnc2cc(CC(=O)c3ccc(F)c(Cl)c3)c(C)nc2n1. The summed E-state index contributed by atoms with van der Waals surface area (Å²) in [6.45, 7) is 1.81. The Morgan fingerprint density at radius 1 is 1.29 bits per heavy atom. The smallest absolute Gasteiger partial charge is 0.180 e.